The van der Waals surface area contributed by atoms with Crippen molar-refractivity contribution in [2.24, 2.45) is 0 Å². The standard InChI is InChI=1S/C17H21ClO3/c1-11(2)8-6-4-5-7-9-13-16(20)14(10-19)12(3)15(18)17(13)21/h5,7-8,10,20-21H,4,6,9H2,1-3H3/b7-5+. The third-order valence-electron chi connectivity index (χ3n) is 3.26. The summed E-state index contributed by atoms with van der Waals surface area (Å²) in [5, 5.41) is 20.2. The molecular weight excluding hydrogens is 288 g/mol. The highest BCUT2D eigenvalue weighted by molar-refractivity contribution is 6.33. The molecule has 0 saturated heterocycles. The van der Waals surface area contributed by atoms with E-state index in [0.29, 0.717) is 18.3 Å². The number of allylic oxidation sites excluding steroid dienone is 4. The molecule has 3 nitrogen and oxygen atoms in total. The molecule has 21 heavy (non-hydrogen) atoms. The van der Waals surface area contributed by atoms with Gasteiger partial charge in [-0.05, 0) is 45.6 Å². The van der Waals surface area contributed by atoms with Crippen molar-refractivity contribution >= 4 is 17.9 Å². The lowest BCUT2D eigenvalue weighted by atomic mass is 10.00. The minimum Gasteiger partial charge on any atom is -0.507 e. The van der Waals surface area contributed by atoms with E-state index in [0.717, 1.165) is 12.8 Å². The molecule has 0 unspecified atom stereocenters. The Bertz CT molecular complexity index is 582. The second kappa shape index (κ2) is 7.89. The highest BCUT2D eigenvalue weighted by Crippen LogP contribution is 2.40. The summed E-state index contributed by atoms with van der Waals surface area (Å²) in [6, 6.07) is 0. The molecule has 2 N–H and O–H groups in total. The van der Waals surface area contributed by atoms with Crippen molar-refractivity contribution in [1.82, 2.24) is 0 Å². The second-order valence-corrected chi connectivity index (χ2v) is 5.56. The van der Waals surface area contributed by atoms with Gasteiger partial charge in [0.05, 0.1) is 10.6 Å². The molecule has 114 valence electrons. The molecule has 0 bridgehead atoms. The first-order chi connectivity index (χ1) is 9.90. The number of benzene rings is 1. The predicted molar refractivity (Wildman–Crippen MR) is 86.4 cm³/mol. The van der Waals surface area contributed by atoms with Crippen LogP contribution in [-0.4, -0.2) is 16.5 Å². The van der Waals surface area contributed by atoms with Gasteiger partial charge in [0.2, 0.25) is 0 Å². The van der Waals surface area contributed by atoms with Gasteiger partial charge in [0, 0.05) is 5.56 Å². The first-order valence-corrected chi connectivity index (χ1v) is 7.24. The summed E-state index contributed by atoms with van der Waals surface area (Å²) in [6.45, 7) is 5.69. The molecule has 1 aromatic rings. The number of phenols is 2. The zero-order chi connectivity index (χ0) is 16.0. The Balaban J connectivity index is 2.89. The zero-order valence-electron chi connectivity index (χ0n) is 12.6. The molecule has 0 aliphatic rings. The number of unbranched alkanes of at least 4 members (excludes halogenated alkanes) is 1. The van der Waals surface area contributed by atoms with Crippen LogP contribution in [0.2, 0.25) is 5.02 Å². The van der Waals surface area contributed by atoms with E-state index in [1.165, 1.54) is 5.57 Å². The van der Waals surface area contributed by atoms with Crippen LogP contribution in [0.25, 0.3) is 0 Å². The summed E-state index contributed by atoms with van der Waals surface area (Å²) in [7, 11) is 0. The summed E-state index contributed by atoms with van der Waals surface area (Å²) < 4.78 is 0. The number of aromatic hydroxyl groups is 2. The summed E-state index contributed by atoms with van der Waals surface area (Å²) in [6.07, 6.45) is 8.69. The van der Waals surface area contributed by atoms with Gasteiger partial charge in [-0.1, -0.05) is 35.4 Å². The van der Waals surface area contributed by atoms with E-state index in [1.807, 2.05) is 12.2 Å². The fourth-order valence-electron chi connectivity index (χ4n) is 2.01. The van der Waals surface area contributed by atoms with Gasteiger partial charge in [-0.3, -0.25) is 4.79 Å². The molecule has 0 amide bonds. The fourth-order valence-corrected chi connectivity index (χ4v) is 2.22. The van der Waals surface area contributed by atoms with Gasteiger partial charge in [0.15, 0.2) is 6.29 Å². The van der Waals surface area contributed by atoms with E-state index < -0.39 is 0 Å². The van der Waals surface area contributed by atoms with Crippen LogP contribution < -0.4 is 0 Å². The molecular formula is C17H21ClO3. The maximum absolute atomic E-state index is 11.0. The Labute approximate surface area is 130 Å². The zero-order valence-corrected chi connectivity index (χ0v) is 13.4. The second-order valence-electron chi connectivity index (χ2n) is 5.18. The van der Waals surface area contributed by atoms with Gasteiger partial charge in [0.1, 0.15) is 11.5 Å². The average Bonchev–Trinajstić information content (AvgIpc) is 2.43. The maximum Gasteiger partial charge on any atom is 0.154 e. The number of hydrogen-bond acceptors (Lipinski definition) is 3. The van der Waals surface area contributed by atoms with E-state index in [-0.39, 0.29) is 27.6 Å². The lowest BCUT2D eigenvalue weighted by molar-refractivity contribution is 0.112. The minimum atomic E-state index is -0.196. The topological polar surface area (TPSA) is 57.5 Å². The first-order valence-electron chi connectivity index (χ1n) is 6.86. The normalized spacial score (nSPS) is 10.9. The Morgan fingerprint density at radius 1 is 1.14 bits per heavy atom. The van der Waals surface area contributed by atoms with Crippen molar-refractivity contribution in [3.63, 3.8) is 0 Å². The molecule has 1 rings (SSSR count). The van der Waals surface area contributed by atoms with Crippen molar-refractivity contribution in [2.75, 3.05) is 0 Å². The molecule has 0 atom stereocenters. The van der Waals surface area contributed by atoms with Crippen molar-refractivity contribution < 1.29 is 15.0 Å². The highest BCUT2D eigenvalue weighted by Gasteiger charge is 2.18. The Kier molecular flexibility index (Phi) is 6.50. The van der Waals surface area contributed by atoms with Crippen molar-refractivity contribution in [1.29, 1.82) is 0 Å². The number of carbonyl (C=O) groups excluding carboxylic acids is 1. The quantitative estimate of drug-likeness (QED) is 0.454. The summed E-state index contributed by atoms with van der Waals surface area (Å²) >= 11 is 5.98. The Morgan fingerprint density at radius 3 is 2.38 bits per heavy atom. The van der Waals surface area contributed by atoms with Crippen LogP contribution in [0, 0.1) is 6.92 Å². The third-order valence-corrected chi connectivity index (χ3v) is 3.72. The van der Waals surface area contributed by atoms with Crippen LogP contribution in [-0.2, 0) is 6.42 Å². The monoisotopic (exact) mass is 308 g/mol. The average molecular weight is 309 g/mol. The molecule has 0 aliphatic heterocycles. The number of phenolic OH excluding ortho intramolecular Hbond substituents is 2. The lowest BCUT2D eigenvalue weighted by Crippen LogP contribution is -1.95. The van der Waals surface area contributed by atoms with Gasteiger partial charge in [-0.25, -0.2) is 0 Å². The maximum atomic E-state index is 11.0. The number of aldehydes is 1. The predicted octanol–water partition coefficient (Wildman–Crippen LogP) is 4.72. The SMILES string of the molecule is CC(C)=CCC/C=C/Cc1c(O)c(Cl)c(C)c(C=O)c1O. The number of halogens is 1. The molecule has 0 aromatic heterocycles. The van der Waals surface area contributed by atoms with Crippen LogP contribution in [0.3, 0.4) is 0 Å². The highest BCUT2D eigenvalue weighted by atomic mass is 35.5. The fraction of sp³-hybridized carbons (Fsp3) is 0.353. The van der Waals surface area contributed by atoms with E-state index in [1.54, 1.807) is 6.92 Å². The van der Waals surface area contributed by atoms with Crippen LogP contribution >= 0.6 is 11.6 Å². The minimum absolute atomic E-state index is 0.114. The van der Waals surface area contributed by atoms with Crippen LogP contribution in [0.4, 0.5) is 0 Å². The first kappa shape index (κ1) is 17.3. The van der Waals surface area contributed by atoms with Crippen molar-refractivity contribution in [2.45, 2.75) is 40.0 Å². The molecule has 1 aromatic carbocycles. The van der Waals surface area contributed by atoms with E-state index >= 15 is 0 Å². The Hall–Kier alpha value is -1.74. The van der Waals surface area contributed by atoms with Crippen molar-refractivity contribution in [3.8, 4) is 11.5 Å². The lowest BCUT2D eigenvalue weighted by Gasteiger charge is -2.12. The van der Waals surface area contributed by atoms with Gasteiger partial charge >= 0.3 is 0 Å². The molecule has 4 heteroatoms. The molecule has 0 radical (unpaired) electrons. The largest absolute Gasteiger partial charge is 0.507 e. The van der Waals surface area contributed by atoms with Gasteiger partial charge in [0.25, 0.3) is 0 Å². The van der Waals surface area contributed by atoms with E-state index in [4.69, 9.17) is 11.6 Å². The number of rotatable bonds is 6. The smallest absolute Gasteiger partial charge is 0.154 e. The van der Waals surface area contributed by atoms with Crippen molar-refractivity contribution in [3.05, 3.63) is 45.5 Å². The van der Waals surface area contributed by atoms with Crippen LogP contribution in [0.15, 0.2) is 23.8 Å². The number of carbonyl (C=O) groups is 1. The molecule has 0 fully saturated rings. The molecule has 0 spiro atoms. The number of hydrogen-bond donors (Lipinski definition) is 2. The summed E-state index contributed by atoms with van der Waals surface area (Å²) in [5.41, 5.74) is 2.08. The van der Waals surface area contributed by atoms with E-state index in [2.05, 4.69) is 19.9 Å². The van der Waals surface area contributed by atoms with Crippen LogP contribution in [0.1, 0.15) is 48.2 Å². The third kappa shape index (κ3) is 4.36. The molecule has 0 saturated carbocycles. The molecule has 0 aliphatic carbocycles. The van der Waals surface area contributed by atoms with Crippen LogP contribution in [0.5, 0.6) is 11.5 Å². The van der Waals surface area contributed by atoms with Gasteiger partial charge in [-0.2, -0.15) is 0 Å². The summed E-state index contributed by atoms with van der Waals surface area (Å²) in [5.74, 6) is -0.357. The summed E-state index contributed by atoms with van der Waals surface area (Å²) in [4.78, 5) is 11.0. The molecule has 0 heterocycles. The van der Waals surface area contributed by atoms with E-state index in [9.17, 15) is 15.0 Å². The Morgan fingerprint density at radius 2 is 1.81 bits per heavy atom. The van der Waals surface area contributed by atoms with Gasteiger partial charge in [-0.15, -0.1) is 0 Å². The van der Waals surface area contributed by atoms with Gasteiger partial charge < -0.3 is 10.2 Å².